The second-order valence-corrected chi connectivity index (χ2v) is 5.93. The molecule has 0 aromatic heterocycles. The van der Waals surface area contributed by atoms with E-state index in [1.165, 1.54) is 11.8 Å². The van der Waals surface area contributed by atoms with Crippen LogP contribution in [0.15, 0.2) is 29.3 Å². The molecule has 0 radical (unpaired) electrons. The van der Waals surface area contributed by atoms with Gasteiger partial charge in [0.15, 0.2) is 5.17 Å². The third-order valence-electron chi connectivity index (χ3n) is 3.01. The van der Waals surface area contributed by atoms with Crippen LogP contribution in [0.25, 0.3) is 0 Å². The molecule has 2 rings (SSSR count). The van der Waals surface area contributed by atoms with Gasteiger partial charge in [-0.3, -0.25) is 14.6 Å². The molecule has 1 atom stereocenters. The molecule has 7 heteroatoms. The van der Waals surface area contributed by atoms with E-state index in [9.17, 15) is 9.59 Å². The van der Waals surface area contributed by atoms with Crippen LogP contribution in [0.3, 0.4) is 0 Å². The van der Waals surface area contributed by atoms with Crippen LogP contribution in [0, 0.1) is 0 Å². The third-order valence-corrected chi connectivity index (χ3v) is 4.13. The molecular formula is C15H19N3O3S. The Morgan fingerprint density at radius 3 is 2.95 bits per heavy atom. The van der Waals surface area contributed by atoms with Crippen LogP contribution in [0.1, 0.15) is 19.8 Å². The highest BCUT2D eigenvalue weighted by Gasteiger charge is 2.32. The zero-order valence-corrected chi connectivity index (χ0v) is 13.4. The first kappa shape index (κ1) is 16.4. The van der Waals surface area contributed by atoms with Crippen LogP contribution in [0.2, 0.25) is 0 Å². The van der Waals surface area contributed by atoms with Gasteiger partial charge >= 0.3 is 0 Å². The summed E-state index contributed by atoms with van der Waals surface area (Å²) in [6.07, 6.45) is 1.01. The van der Waals surface area contributed by atoms with Gasteiger partial charge < -0.3 is 15.4 Å². The SMILES string of the molecule is CCCN=C1NC(=O)[C@@H](CC(=O)Nc2ccccc2OC)S1. The number of ether oxygens (including phenoxy) is 1. The summed E-state index contributed by atoms with van der Waals surface area (Å²) >= 11 is 1.30. The lowest BCUT2D eigenvalue weighted by Gasteiger charge is -2.10. The Balaban J connectivity index is 1.93. The van der Waals surface area contributed by atoms with Crippen molar-refractivity contribution in [3.63, 3.8) is 0 Å². The van der Waals surface area contributed by atoms with Crippen molar-refractivity contribution in [1.29, 1.82) is 0 Å². The van der Waals surface area contributed by atoms with E-state index in [1.807, 2.05) is 19.1 Å². The molecule has 22 heavy (non-hydrogen) atoms. The number of carbonyl (C=O) groups is 2. The number of methoxy groups -OCH3 is 1. The number of aliphatic imine (C=N–C) groups is 1. The highest BCUT2D eigenvalue weighted by Crippen LogP contribution is 2.26. The van der Waals surface area contributed by atoms with Gasteiger partial charge in [-0.25, -0.2) is 0 Å². The third kappa shape index (κ3) is 4.24. The maximum absolute atomic E-state index is 12.1. The molecule has 1 aliphatic heterocycles. The van der Waals surface area contributed by atoms with E-state index >= 15 is 0 Å². The minimum Gasteiger partial charge on any atom is -0.495 e. The molecule has 6 nitrogen and oxygen atoms in total. The monoisotopic (exact) mass is 321 g/mol. The van der Waals surface area contributed by atoms with Crippen LogP contribution < -0.4 is 15.4 Å². The first-order valence-electron chi connectivity index (χ1n) is 7.09. The fourth-order valence-corrected chi connectivity index (χ4v) is 2.94. The van der Waals surface area contributed by atoms with Crippen molar-refractivity contribution < 1.29 is 14.3 Å². The molecule has 118 valence electrons. The summed E-state index contributed by atoms with van der Waals surface area (Å²) in [5.41, 5.74) is 0.596. The van der Waals surface area contributed by atoms with Crippen molar-refractivity contribution in [2.24, 2.45) is 4.99 Å². The van der Waals surface area contributed by atoms with Crippen molar-refractivity contribution in [2.75, 3.05) is 19.0 Å². The van der Waals surface area contributed by atoms with Gasteiger partial charge in [0.25, 0.3) is 0 Å². The Labute approximate surface area is 133 Å². The maximum atomic E-state index is 12.1. The molecule has 1 aliphatic rings. The summed E-state index contributed by atoms with van der Waals surface area (Å²) in [5, 5.41) is 5.63. The molecule has 1 aromatic carbocycles. The molecule has 0 spiro atoms. The second-order valence-electron chi connectivity index (χ2n) is 4.74. The maximum Gasteiger partial charge on any atom is 0.240 e. The number of hydrogen-bond donors (Lipinski definition) is 2. The fourth-order valence-electron chi connectivity index (χ4n) is 1.95. The lowest BCUT2D eigenvalue weighted by molar-refractivity contribution is -0.122. The van der Waals surface area contributed by atoms with Crippen LogP contribution in [0.4, 0.5) is 5.69 Å². The Bertz CT molecular complexity index is 589. The van der Waals surface area contributed by atoms with Gasteiger partial charge in [0.05, 0.1) is 12.8 Å². The van der Waals surface area contributed by atoms with Crippen LogP contribution in [-0.4, -0.2) is 35.9 Å². The highest BCUT2D eigenvalue weighted by atomic mass is 32.2. The van der Waals surface area contributed by atoms with Gasteiger partial charge in [-0.15, -0.1) is 0 Å². The van der Waals surface area contributed by atoms with E-state index in [0.717, 1.165) is 6.42 Å². The average molecular weight is 321 g/mol. The van der Waals surface area contributed by atoms with Crippen molar-refractivity contribution >= 4 is 34.4 Å². The van der Waals surface area contributed by atoms with Crippen molar-refractivity contribution in [3.8, 4) is 5.75 Å². The molecule has 0 unspecified atom stereocenters. The van der Waals surface area contributed by atoms with Crippen LogP contribution >= 0.6 is 11.8 Å². The number of benzene rings is 1. The number of amidine groups is 1. The van der Waals surface area contributed by atoms with E-state index in [-0.39, 0.29) is 18.2 Å². The molecule has 2 amide bonds. The van der Waals surface area contributed by atoms with Gasteiger partial charge in [-0.2, -0.15) is 0 Å². The fraction of sp³-hybridized carbons (Fsp3) is 0.400. The number of hydrogen-bond acceptors (Lipinski definition) is 5. The average Bonchev–Trinajstić information content (AvgIpc) is 2.85. The minimum absolute atomic E-state index is 0.0969. The number of carbonyl (C=O) groups excluding carboxylic acids is 2. The van der Waals surface area contributed by atoms with E-state index in [1.54, 1.807) is 19.2 Å². The van der Waals surface area contributed by atoms with Crippen LogP contribution in [-0.2, 0) is 9.59 Å². The minimum atomic E-state index is -0.440. The molecule has 1 saturated heterocycles. The summed E-state index contributed by atoms with van der Waals surface area (Å²) in [4.78, 5) is 28.2. The molecular weight excluding hydrogens is 302 g/mol. The first-order valence-corrected chi connectivity index (χ1v) is 7.96. The summed E-state index contributed by atoms with van der Waals surface area (Å²) in [7, 11) is 1.54. The number of para-hydroxylation sites is 2. The Morgan fingerprint density at radius 2 is 2.23 bits per heavy atom. The zero-order chi connectivity index (χ0) is 15.9. The lowest BCUT2D eigenvalue weighted by atomic mass is 10.2. The largest absolute Gasteiger partial charge is 0.495 e. The predicted molar refractivity (Wildman–Crippen MR) is 88.4 cm³/mol. The molecule has 0 saturated carbocycles. The Hall–Kier alpha value is -2.02. The van der Waals surface area contributed by atoms with Gasteiger partial charge in [0.2, 0.25) is 11.8 Å². The quantitative estimate of drug-likeness (QED) is 0.840. The smallest absolute Gasteiger partial charge is 0.240 e. The van der Waals surface area contributed by atoms with Gasteiger partial charge in [0.1, 0.15) is 11.0 Å². The zero-order valence-electron chi connectivity index (χ0n) is 12.6. The molecule has 2 N–H and O–H groups in total. The van der Waals surface area contributed by atoms with Gasteiger partial charge in [-0.05, 0) is 18.6 Å². The van der Waals surface area contributed by atoms with E-state index in [4.69, 9.17) is 4.74 Å². The second kappa shape index (κ2) is 7.84. The number of anilines is 1. The summed E-state index contributed by atoms with van der Waals surface area (Å²) in [5.74, 6) is 0.188. The first-order chi connectivity index (χ1) is 10.6. The summed E-state index contributed by atoms with van der Waals surface area (Å²) in [6.45, 7) is 2.69. The number of nitrogens with one attached hydrogen (secondary N) is 2. The standard InChI is InChI=1S/C15H19N3O3S/c1-3-8-16-15-18-14(20)12(22-15)9-13(19)17-10-6-4-5-7-11(10)21-2/h4-7,12H,3,8-9H2,1-2H3,(H,17,19)(H,16,18,20)/t12-/m1/s1. The number of thioether (sulfide) groups is 1. The molecule has 0 bridgehead atoms. The number of amides is 2. The molecule has 0 aliphatic carbocycles. The molecule has 1 heterocycles. The summed E-state index contributed by atoms with van der Waals surface area (Å²) in [6, 6.07) is 7.16. The predicted octanol–water partition coefficient (Wildman–Crippen LogP) is 2.02. The van der Waals surface area contributed by atoms with Crippen LogP contribution in [0.5, 0.6) is 5.75 Å². The highest BCUT2D eigenvalue weighted by molar-refractivity contribution is 8.15. The summed E-state index contributed by atoms with van der Waals surface area (Å²) < 4.78 is 5.18. The Morgan fingerprint density at radius 1 is 1.45 bits per heavy atom. The normalized spacial score (nSPS) is 19.1. The number of rotatable bonds is 6. The Kier molecular flexibility index (Phi) is 5.83. The molecule has 1 aromatic rings. The topological polar surface area (TPSA) is 79.8 Å². The molecule has 1 fully saturated rings. The van der Waals surface area contributed by atoms with Gasteiger partial charge in [0, 0.05) is 13.0 Å². The van der Waals surface area contributed by atoms with Gasteiger partial charge in [-0.1, -0.05) is 30.8 Å². The van der Waals surface area contributed by atoms with Crippen molar-refractivity contribution in [2.45, 2.75) is 25.0 Å². The van der Waals surface area contributed by atoms with Crippen molar-refractivity contribution in [3.05, 3.63) is 24.3 Å². The van der Waals surface area contributed by atoms with E-state index in [2.05, 4.69) is 15.6 Å². The van der Waals surface area contributed by atoms with Crippen molar-refractivity contribution in [1.82, 2.24) is 5.32 Å². The van der Waals surface area contributed by atoms with E-state index < -0.39 is 5.25 Å². The number of nitrogens with zero attached hydrogens (tertiary/aromatic N) is 1. The van der Waals surface area contributed by atoms with E-state index in [0.29, 0.717) is 23.1 Å². The lowest BCUT2D eigenvalue weighted by Crippen LogP contribution is -2.28.